The second-order valence-corrected chi connectivity index (χ2v) is 7.70. The third-order valence-electron chi connectivity index (χ3n) is 4.26. The van der Waals surface area contributed by atoms with E-state index in [-0.39, 0.29) is 0 Å². The molecule has 1 aromatic heterocycles. The van der Waals surface area contributed by atoms with Crippen LogP contribution in [0.5, 0.6) is 0 Å². The minimum atomic E-state index is 0.616. The Labute approximate surface area is 132 Å². The van der Waals surface area contributed by atoms with Crippen LogP contribution in [0.3, 0.4) is 0 Å². The van der Waals surface area contributed by atoms with Gasteiger partial charge < -0.3 is 10.2 Å². The molecule has 4 heteroatoms. The van der Waals surface area contributed by atoms with E-state index in [9.17, 15) is 0 Å². The average molecular weight is 315 g/mol. The van der Waals surface area contributed by atoms with Gasteiger partial charge in [0, 0.05) is 24.0 Å². The van der Waals surface area contributed by atoms with Crippen LogP contribution >= 0.6 is 22.9 Å². The maximum absolute atomic E-state index is 5.96. The molecular weight excluding hydrogens is 288 g/mol. The smallest absolute Gasteiger partial charge is 0.0931 e. The first kappa shape index (κ1) is 16.3. The van der Waals surface area contributed by atoms with E-state index >= 15 is 0 Å². The first-order valence-corrected chi connectivity index (χ1v) is 9.08. The van der Waals surface area contributed by atoms with Crippen LogP contribution in [0, 0.1) is 5.92 Å². The van der Waals surface area contributed by atoms with Crippen molar-refractivity contribution in [2.75, 3.05) is 26.2 Å². The molecule has 2 unspecified atom stereocenters. The van der Waals surface area contributed by atoms with Crippen LogP contribution in [-0.2, 0) is 6.42 Å². The highest BCUT2D eigenvalue weighted by Crippen LogP contribution is 2.22. The summed E-state index contributed by atoms with van der Waals surface area (Å²) in [7, 11) is 0. The van der Waals surface area contributed by atoms with Gasteiger partial charge >= 0.3 is 0 Å². The van der Waals surface area contributed by atoms with Gasteiger partial charge in [0.2, 0.25) is 0 Å². The Morgan fingerprint density at radius 3 is 3.05 bits per heavy atom. The number of nitrogens with zero attached hydrogens (tertiary/aromatic N) is 1. The van der Waals surface area contributed by atoms with Gasteiger partial charge in [0.05, 0.1) is 4.34 Å². The molecule has 2 nitrogen and oxygen atoms in total. The fourth-order valence-corrected chi connectivity index (χ4v) is 4.18. The predicted octanol–water partition coefficient (Wildman–Crippen LogP) is 4.04. The molecule has 0 bridgehead atoms. The van der Waals surface area contributed by atoms with E-state index in [1.54, 1.807) is 11.3 Å². The summed E-state index contributed by atoms with van der Waals surface area (Å²) in [5.41, 5.74) is 0. The molecule has 0 aliphatic carbocycles. The second-order valence-electron chi connectivity index (χ2n) is 5.90. The van der Waals surface area contributed by atoms with Crippen LogP contribution in [0.25, 0.3) is 0 Å². The molecule has 0 amide bonds. The highest BCUT2D eigenvalue weighted by molar-refractivity contribution is 7.16. The molecule has 114 valence electrons. The molecule has 1 aliphatic rings. The monoisotopic (exact) mass is 314 g/mol. The zero-order valence-electron chi connectivity index (χ0n) is 12.7. The van der Waals surface area contributed by atoms with Crippen molar-refractivity contribution >= 4 is 22.9 Å². The predicted molar refractivity (Wildman–Crippen MR) is 90.0 cm³/mol. The van der Waals surface area contributed by atoms with Gasteiger partial charge in [0.15, 0.2) is 0 Å². The molecule has 1 aromatic rings. The van der Waals surface area contributed by atoms with Gasteiger partial charge in [-0.3, -0.25) is 0 Å². The quantitative estimate of drug-likeness (QED) is 0.817. The Morgan fingerprint density at radius 1 is 1.50 bits per heavy atom. The van der Waals surface area contributed by atoms with E-state index in [0.717, 1.165) is 23.2 Å². The van der Waals surface area contributed by atoms with Crippen LogP contribution in [0.2, 0.25) is 4.34 Å². The number of nitrogens with one attached hydrogen (secondary N) is 1. The van der Waals surface area contributed by atoms with Crippen molar-refractivity contribution in [3.63, 3.8) is 0 Å². The lowest BCUT2D eigenvalue weighted by Crippen LogP contribution is -2.45. The van der Waals surface area contributed by atoms with Crippen molar-refractivity contribution in [2.24, 2.45) is 5.92 Å². The van der Waals surface area contributed by atoms with Gasteiger partial charge in [-0.1, -0.05) is 18.5 Å². The highest BCUT2D eigenvalue weighted by atomic mass is 35.5. The third-order valence-corrected chi connectivity index (χ3v) is 5.55. The zero-order valence-corrected chi connectivity index (χ0v) is 14.3. The lowest BCUT2D eigenvalue weighted by molar-refractivity contribution is 0.151. The average Bonchev–Trinajstić information content (AvgIpc) is 2.85. The number of rotatable bonds is 7. The first-order chi connectivity index (χ1) is 9.69. The summed E-state index contributed by atoms with van der Waals surface area (Å²) in [6.45, 7) is 9.51. The number of halogens is 1. The maximum Gasteiger partial charge on any atom is 0.0931 e. The van der Waals surface area contributed by atoms with E-state index < -0.39 is 0 Å². The Kier molecular flexibility index (Phi) is 6.82. The van der Waals surface area contributed by atoms with Crippen molar-refractivity contribution < 1.29 is 0 Å². The number of thiophene rings is 1. The summed E-state index contributed by atoms with van der Waals surface area (Å²) in [6, 6.07) is 4.75. The van der Waals surface area contributed by atoms with E-state index in [2.05, 4.69) is 30.1 Å². The van der Waals surface area contributed by atoms with Crippen LogP contribution in [0.4, 0.5) is 0 Å². The standard InChI is InChI=1S/C16H27ClN2S/c1-3-10-19-11-4-5-14(12-19)13(2)18-9-8-15-6-7-16(17)20-15/h6-7,13-14,18H,3-5,8-12H2,1-2H3. The molecule has 1 aliphatic heterocycles. The molecular formula is C16H27ClN2S. The van der Waals surface area contributed by atoms with E-state index in [4.69, 9.17) is 11.6 Å². The van der Waals surface area contributed by atoms with E-state index in [0.29, 0.717) is 6.04 Å². The number of likely N-dealkylation sites (tertiary alicyclic amines) is 1. The van der Waals surface area contributed by atoms with Crippen molar-refractivity contribution in [3.05, 3.63) is 21.3 Å². The van der Waals surface area contributed by atoms with Crippen LogP contribution in [0.15, 0.2) is 12.1 Å². The highest BCUT2D eigenvalue weighted by Gasteiger charge is 2.23. The zero-order chi connectivity index (χ0) is 14.4. The maximum atomic E-state index is 5.96. The van der Waals surface area contributed by atoms with Gasteiger partial charge in [-0.05, 0) is 63.7 Å². The Hall–Kier alpha value is -0.0900. The van der Waals surface area contributed by atoms with E-state index in [1.165, 1.54) is 43.8 Å². The van der Waals surface area contributed by atoms with Crippen LogP contribution in [-0.4, -0.2) is 37.1 Å². The molecule has 0 saturated carbocycles. The lowest BCUT2D eigenvalue weighted by Gasteiger charge is -2.36. The van der Waals surface area contributed by atoms with Gasteiger partial charge in [0.25, 0.3) is 0 Å². The minimum absolute atomic E-state index is 0.616. The Balaban J connectivity index is 1.69. The molecule has 2 heterocycles. The van der Waals surface area contributed by atoms with Crippen molar-refractivity contribution in [3.8, 4) is 0 Å². The molecule has 0 aromatic carbocycles. The van der Waals surface area contributed by atoms with Crippen LogP contribution < -0.4 is 5.32 Å². The topological polar surface area (TPSA) is 15.3 Å². The molecule has 0 radical (unpaired) electrons. The largest absolute Gasteiger partial charge is 0.314 e. The van der Waals surface area contributed by atoms with Gasteiger partial charge in [0.1, 0.15) is 0 Å². The minimum Gasteiger partial charge on any atom is -0.314 e. The summed E-state index contributed by atoms with van der Waals surface area (Å²) < 4.78 is 0.899. The molecule has 1 saturated heterocycles. The summed E-state index contributed by atoms with van der Waals surface area (Å²) in [5, 5.41) is 3.71. The summed E-state index contributed by atoms with van der Waals surface area (Å²) in [5.74, 6) is 0.808. The Bertz CT molecular complexity index is 392. The first-order valence-electron chi connectivity index (χ1n) is 7.89. The number of hydrogen-bond donors (Lipinski definition) is 1. The second kappa shape index (κ2) is 8.38. The molecule has 2 atom stereocenters. The van der Waals surface area contributed by atoms with Crippen molar-refractivity contribution in [1.29, 1.82) is 0 Å². The number of piperidine rings is 1. The molecule has 2 rings (SSSR count). The van der Waals surface area contributed by atoms with Gasteiger partial charge in [-0.25, -0.2) is 0 Å². The normalized spacial score (nSPS) is 22.1. The molecule has 1 fully saturated rings. The van der Waals surface area contributed by atoms with Gasteiger partial charge in [-0.15, -0.1) is 11.3 Å². The SMILES string of the molecule is CCCN1CCCC(C(C)NCCc2ccc(Cl)s2)C1. The van der Waals surface area contributed by atoms with Gasteiger partial charge in [-0.2, -0.15) is 0 Å². The summed E-state index contributed by atoms with van der Waals surface area (Å²) in [4.78, 5) is 4.01. The fraction of sp³-hybridized carbons (Fsp3) is 0.750. The summed E-state index contributed by atoms with van der Waals surface area (Å²) in [6.07, 6.45) is 5.09. The molecule has 20 heavy (non-hydrogen) atoms. The number of hydrogen-bond acceptors (Lipinski definition) is 3. The molecule has 0 spiro atoms. The Morgan fingerprint density at radius 2 is 2.35 bits per heavy atom. The van der Waals surface area contributed by atoms with Crippen LogP contribution in [0.1, 0.15) is 38.0 Å². The molecule has 1 N–H and O–H groups in total. The van der Waals surface area contributed by atoms with Crippen molar-refractivity contribution in [2.45, 2.75) is 45.6 Å². The summed E-state index contributed by atoms with van der Waals surface area (Å²) >= 11 is 7.66. The fourth-order valence-electron chi connectivity index (χ4n) is 3.09. The third kappa shape index (κ3) is 5.03. The lowest BCUT2D eigenvalue weighted by atomic mass is 9.91. The van der Waals surface area contributed by atoms with Crippen molar-refractivity contribution in [1.82, 2.24) is 10.2 Å². The van der Waals surface area contributed by atoms with E-state index in [1.807, 2.05) is 6.07 Å².